The van der Waals surface area contributed by atoms with Gasteiger partial charge in [-0.05, 0) is 64.3 Å². The summed E-state index contributed by atoms with van der Waals surface area (Å²) < 4.78 is 16.4. The van der Waals surface area contributed by atoms with Crippen LogP contribution in [-0.2, 0) is 0 Å². The number of nitrogens with one attached hydrogen (secondary N) is 1. The number of tetrazole rings is 1. The zero-order valence-electron chi connectivity index (χ0n) is 15.8. The van der Waals surface area contributed by atoms with Gasteiger partial charge in [-0.15, -0.1) is 21.5 Å². The van der Waals surface area contributed by atoms with Crippen molar-refractivity contribution in [2.24, 2.45) is 0 Å². The fourth-order valence-corrected chi connectivity index (χ4v) is 3.63. The standard InChI is InChI=1S/C20H13FN8OS/c21-13-6-8-15(9-7-13)29-19(17-5-2-10-31-17)24-18(25-29)20(30)23-14-3-1-4-16(11-14)28-12-22-26-27-28/h1-12H,(H,23,30). The summed E-state index contributed by atoms with van der Waals surface area (Å²) in [6.07, 6.45) is 1.46. The highest BCUT2D eigenvalue weighted by Gasteiger charge is 2.20. The lowest BCUT2D eigenvalue weighted by Crippen LogP contribution is -2.14. The number of rotatable bonds is 5. The van der Waals surface area contributed by atoms with Crippen molar-refractivity contribution in [1.29, 1.82) is 0 Å². The van der Waals surface area contributed by atoms with Gasteiger partial charge in [-0.2, -0.15) is 0 Å². The molecule has 0 bridgehead atoms. The number of hydrogen-bond acceptors (Lipinski definition) is 7. The molecule has 1 amide bonds. The van der Waals surface area contributed by atoms with Crippen LogP contribution >= 0.6 is 11.3 Å². The molecule has 0 saturated heterocycles. The maximum Gasteiger partial charge on any atom is 0.295 e. The van der Waals surface area contributed by atoms with Gasteiger partial charge >= 0.3 is 0 Å². The summed E-state index contributed by atoms with van der Waals surface area (Å²) in [5, 5.41) is 20.1. The number of thiophene rings is 1. The molecular weight excluding hydrogens is 419 g/mol. The van der Waals surface area contributed by atoms with Gasteiger partial charge in [-0.3, -0.25) is 4.79 Å². The van der Waals surface area contributed by atoms with Gasteiger partial charge in [0.05, 0.1) is 16.3 Å². The van der Waals surface area contributed by atoms with Crippen LogP contribution in [0.2, 0.25) is 0 Å². The van der Waals surface area contributed by atoms with Gasteiger partial charge in [0.25, 0.3) is 5.91 Å². The zero-order valence-corrected chi connectivity index (χ0v) is 16.6. The van der Waals surface area contributed by atoms with Crippen LogP contribution in [0, 0.1) is 5.82 Å². The number of hydrogen-bond donors (Lipinski definition) is 1. The lowest BCUT2D eigenvalue weighted by molar-refractivity contribution is 0.101. The van der Waals surface area contributed by atoms with Crippen molar-refractivity contribution in [3.05, 3.63) is 84.0 Å². The molecule has 5 rings (SSSR count). The van der Waals surface area contributed by atoms with Crippen molar-refractivity contribution in [3.8, 4) is 22.1 Å². The summed E-state index contributed by atoms with van der Waals surface area (Å²) in [7, 11) is 0. The van der Waals surface area contributed by atoms with E-state index in [-0.39, 0.29) is 11.6 Å². The van der Waals surface area contributed by atoms with Crippen molar-refractivity contribution in [1.82, 2.24) is 35.0 Å². The van der Waals surface area contributed by atoms with Gasteiger partial charge in [0.15, 0.2) is 5.82 Å². The molecule has 0 fully saturated rings. The summed E-state index contributed by atoms with van der Waals surface area (Å²) >= 11 is 1.47. The van der Waals surface area contributed by atoms with E-state index in [0.717, 1.165) is 4.88 Å². The van der Waals surface area contributed by atoms with E-state index in [1.807, 2.05) is 23.6 Å². The quantitative estimate of drug-likeness (QED) is 0.457. The number of nitrogens with zero attached hydrogens (tertiary/aromatic N) is 7. The minimum Gasteiger partial charge on any atom is -0.319 e. The van der Waals surface area contributed by atoms with Gasteiger partial charge in [0.2, 0.25) is 5.82 Å². The smallest absolute Gasteiger partial charge is 0.295 e. The summed E-state index contributed by atoms with van der Waals surface area (Å²) in [5.74, 6) is -0.357. The molecule has 31 heavy (non-hydrogen) atoms. The monoisotopic (exact) mass is 432 g/mol. The first-order valence-electron chi connectivity index (χ1n) is 9.09. The molecule has 0 spiro atoms. The normalized spacial score (nSPS) is 10.9. The van der Waals surface area contributed by atoms with Crippen LogP contribution in [0.15, 0.2) is 72.4 Å². The Bertz CT molecular complexity index is 1330. The Morgan fingerprint density at radius 3 is 2.65 bits per heavy atom. The summed E-state index contributed by atoms with van der Waals surface area (Å²) in [6, 6.07) is 16.6. The van der Waals surface area contributed by atoms with Crippen LogP contribution in [0.4, 0.5) is 10.1 Å². The molecule has 0 unspecified atom stereocenters. The van der Waals surface area contributed by atoms with Crippen molar-refractivity contribution < 1.29 is 9.18 Å². The average molecular weight is 432 g/mol. The fraction of sp³-hybridized carbons (Fsp3) is 0. The molecule has 1 N–H and O–H groups in total. The second-order valence-corrected chi connectivity index (χ2v) is 7.33. The third kappa shape index (κ3) is 3.81. The zero-order chi connectivity index (χ0) is 21.2. The van der Waals surface area contributed by atoms with Crippen LogP contribution in [0.25, 0.3) is 22.1 Å². The average Bonchev–Trinajstić information content (AvgIpc) is 3.56. The third-order valence-corrected chi connectivity index (χ3v) is 5.21. The van der Waals surface area contributed by atoms with Crippen molar-refractivity contribution in [2.45, 2.75) is 0 Å². The SMILES string of the molecule is O=C(Nc1cccc(-n2cnnn2)c1)c1nc(-c2cccs2)n(-c2ccc(F)cc2)n1. The molecule has 3 aromatic heterocycles. The Morgan fingerprint density at radius 1 is 1.03 bits per heavy atom. The molecule has 0 saturated carbocycles. The molecule has 0 atom stereocenters. The van der Waals surface area contributed by atoms with Crippen molar-refractivity contribution in [3.63, 3.8) is 0 Å². The fourth-order valence-electron chi connectivity index (χ4n) is 2.93. The minimum absolute atomic E-state index is 0.0134. The Labute approximate surface area is 178 Å². The van der Waals surface area contributed by atoms with Crippen LogP contribution < -0.4 is 5.32 Å². The molecule has 152 valence electrons. The highest BCUT2D eigenvalue weighted by atomic mass is 32.1. The molecule has 5 aromatic rings. The number of anilines is 1. The maximum absolute atomic E-state index is 13.4. The van der Waals surface area contributed by atoms with E-state index in [1.54, 1.807) is 30.3 Å². The Balaban J connectivity index is 1.48. The Hall–Kier alpha value is -4.25. The lowest BCUT2D eigenvalue weighted by Gasteiger charge is -2.05. The van der Waals surface area contributed by atoms with E-state index in [2.05, 4.69) is 30.9 Å². The first-order chi connectivity index (χ1) is 15.2. The first-order valence-corrected chi connectivity index (χ1v) is 9.97. The van der Waals surface area contributed by atoms with E-state index in [1.165, 1.54) is 39.2 Å². The number of carbonyl (C=O) groups excluding carboxylic acids is 1. The highest BCUT2D eigenvalue weighted by molar-refractivity contribution is 7.13. The summed E-state index contributed by atoms with van der Waals surface area (Å²) in [6.45, 7) is 0. The van der Waals surface area contributed by atoms with Gasteiger partial charge in [0, 0.05) is 5.69 Å². The predicted molar refractivity (Wildman–Crippen MR) is 112 cm³/mol. The summed E-state index contributed by atoms with van der Waals surface area (Å²) in [5.41, 5.74) is 1.82. The summed E-state index contributed by atoms with van der Waals surface area (Å²) in [4.78, 5) is 18.1. The highest BCUT2D eigenvalue weighted by Crippen LogP contribution is 2.26. The third-order valence-electron chi connectivity index (χ3n) is 4.34. The molecule has 0 aliphatic carbocycles. The molecule has 0 radical (unpaired) electrons. The molecule has 0 aliphatic heterocycles. The molecule has 9 nitrogen and oxygen atoms in total. The number of amides is 1. The number of carbonyl (C=O) groups is 1. The minimum atomic E-state index is -0.479. The van der Waals surface area contributed by atoms with Crippen molar-refractivity contribution in [2.75, 3.05) is 5.32 Å². The Kier molecular flexibility index (Phi) is 4.77. The number of halogens is 1. The largest absolute Gasteiger partial charge is 0.319 e. The molecular formula is C20H13FN8OS. The molecule has 0 aliphatic rings. The van der Waals surface area contributed by atoms with Crippen LogP contribution in [0.5, 0.6) is 0 Å². The number of benzene rings is 2. The molecule has 3 heterocycles. The number of aromatic nitrogens is 7. The second kappa shape index (κ2) is 7.88. The Morgan fingerprint density at radius 2 is 1.90 bits per heavy atom. The predicted octanol–water partition coefficient (Wildman–Crippen LogP) is 3.36. The second-order valence-electron chi connectivity index (χ2n) is 6.38. The van der Waals surface area contributed by atoms with Crippen LogP contribution in [0.1, 0.15) is 10.6 Å². The van der Waals surface area contributed by atoms with E-state index < -0.39 is 5.91 Å². The van der Waals surface area contributed by atoms with E-state index in [9.17, 15) is 9.18 Å². The van der Waals surface area contributed by atoms with E-state index >= 15 is 0 Å². The molecule has 11 heteroatoms. The van der Waals surface area contributed by atoms with Gasteiger partial charge in [-0.1, -0.05) is 12.1 Å². The maximum atomic E-state index is 13.4. The van der Waals surface area contributed by atoms with E-state index in [0.29, 0.717) is 22.9 Å². The van der Waals surface area contributed by atoms with Gasteiger partial charge in [0.1, 0.15) is 12.1 Å². The first kappa shape index (κ1) is 18.8. The van der Waals surface area contributed by atoms with E-state index in [4.69, 9.17) is 0 Å². The lowest BCUT2D eigenvalue weighted by atomic mass is 10.2. The topological polar surface area (TPSA) is 103 Å². The van der Waals surface area contributed by atoms with Crippen LogP contribution in [0.3, 0.4) is 0 Å². The molecule has 2 aromatic carbocycles. The van der Waals surface area contributed by atoms with Gasteiger partial charge < -0.3 is 5.32 Å². The van der Waals surface area contributed by atoms with Gasteiger partial charge in [-0.25, -0.2) is 18.7 Å². The van der Waals surface area contributed by atoms with Crippen molar-refractivity contribution >= 4 is 22.9 Å². The van der Waals surface area contributed by atoms with Crippen LogP contribution in [-0.4, -0.2) is 40.9 Å².